The molecule has 4 nitrogen and oxygen atoms in total. The molecule has 1 unspecified atom stereocenters. The lowest BCUT2D eigenvalue weighted by Gasteiger charge is -2.26. The number of thiazole rings is 1. The second-order valence-electron chi connectivity index (χ2n) is 6.16. The molecule has 1 aromatic rings. The quantitative estimate of drug-likeness (QED) is 0.862. The minimum atomic E-state index is -0.0123. The minimum absolute atomic E-state index is 0.0123. The van der Waals surface area contributed by atoms with E-state index in [4.69, 9.17) is 4.74 Å². The van der Waals surface area contributed by atoms with Crippen LogP contribution in [0.5, 0.6) is 0 Å². The molecule has 1 amide bonds. The van der Waals surface area contributed by atoms with Gasteiger partial charge in [0, 0.05) is 24.4 Å². The van der Waals surface area contributed by atoms with Gasteiger partial charge in [0.05, 0.1) is 22.8 Å². The SMILES string of the molecule is CCc1nc(C)sc1CN1CCC2(CCCO2)CCC1=O. The van der Waals surface area contributed by atoms with Crippen molar-refractivity contribution in [1.29, 1.82) is 0 Å². The van der Waals surface area contributed by atoms with Gasteiger partial charge in [0.15, 0.2) is 0 Å². The second kappa shape index (κ2) is 6.05. The zero-order chi connectivity index (χ0) is 14.9. The van der Waals surface area contributed by atoms with Gasteiger partial charge in [-0.2, -0.15) is 0 Å². The number of carbonyl (C=O) groups excluding carboxylic acids is 1. The van der Waals surface area contributed by atoms with E-state index in [2.05, 4.69) is 11.9 Å². The number of ether oxygens (including phenoxy) is 1. The van der Waals surface area contributed by atoms with Crippen molar-refractivity contribution in [2.75, 3.05) is 13.2 Å². The summed E-state index contributed by atoms with van der Waals surface area (Å²) in [6.07, 6.45) is 5.70. The van der Waals surface area contributed by atoms with Crippen molar-refractivity contribution >= 4 is 17.2 Å². The smallest absolute Gasteiger partial charge is 0.223 e. The third-order valence-corrected chi connectivity index (χ3v) is 5.72. The van der Waals surface area contributed by atoms with Crippen LogP contribution in [0.25, 0.3) is 0 Å². The summed E-state index contributed by atoms with van der Waals surface area (Å²) >= 11 is 1.73. The molecule has 5 heteroatoms. The molecule has 0 bridgehead atoms. The van der Waals surface area contributed by atoms with E-state index in [0.717, 1.165) is 62.5 Å². The van der Waals surface area contributed by atoms with Gasteiger partial charge in [-0.25, -0.2) is 4.98 Å². The minimum Gasteiger partial charge on any atom is -0.375 e. The Bertz CT molecular complexity index is 520. The molecular formula is C16H24N2O2S. The lowest BCUT2D eigenvalue weighted by atomic mass is 9.92. The van der Waals surface area contributed by atoms with Crippen LogP contribution in [0.15, 0.2) is 0 Å². The Morgan fingerprint density at radius 2 is 2.24 bits per heavy atom. The van der Waals surface area contributed by atoms with Gasteiger partial charge < -0.3 is 9.64 Å². The zero-order valence-corrected chi connectivity index (χ0v) is 13.8. The number of hydrogen-bond donors (Lipinski definition) is 0. The summed E-state index contributed by atoms with van der Waals surface area (Å²) in [6, 6.07) is 0. The Morgan fingerprint density at radius 1 is 1.38 bits per heavy atom. The Balaban J connectivity index is 1.71. The highest BCUT2D eigenvalue weighted by atomic mass is 32.1. The van der Waals surface area contributed by atoms with Crippen LogP contribution in [-0.4, -0.2) is 34.5 Å². The highest BCUT2D eigenvalue weighted by molar-refractivity contribution is 7.11. The first-order chi connectivity index (χ1) is 10.1. The summed E-state index contributed by atoms with van der Waals surface area (Å²) in [7, 11) is 0. The van der Waals surface area contributed by atoms with Gasteiger partial charge in [-0.05, 0) is 39.0 Å². The molecule has 2 fully saturated rings. The van der Waals surface area contributed by atoms with E-state index in [1.807, 2.05) is 11.8 Å². The van der Waals surface area contributed by atoms with E-state index in [1.54, 1.807) is 11.3 Å². The molecule has 0 aromatic carbocycles. The van der Waals surface area contributed by atoms with Crippen LogP contribution in [0, 0.1) is 6.92 Å². The van der Waals surface area contributed by atoms with Crippen LogP contribution < -0.4 is 0 Å². The topological polar surface area (TPSA) is 42.4 Å². The molecule has 1 spiro atoms. The molecule has 0 saturated carbocycles. The van der Waals surface area contributed by atoms with Gasteiger partial charge in [0.25, 0.3) is 0 Å². The first-order valence-electron chi connectivity index (χ1n) is 7.99. The summed E-state index contributed by atoms with van der Waals surface area (Å²) in [5, 5.41) is 1.10. The van der Waals surface area contributed by atoms with E-state index in [0.29, 0.717) is 6.42 Å². The Morgan fingerprint density at radius 3 is 2.95 bits per heavy atom. The van der Waals surface area contributed by atoms with Crippen LogP contribution in [0.2, 0.25) is 0 Å². The Hall–Kier alpha value is -0.940. The van der Waals surface area contributed by atoms with E-state index in [1.165, 1.54) is 4.88 Å². The fourth-order valence-corrected chi connectivity index (χ4v) is 4.52. The fraction of sp³-hybridized carbons (Fsp3) is 0.750. The summed E-state index contributed by atoms with van der Waals surface area (Å²) in [6.45, 7) is 6.58. The number of aromatic nitrogens is 1. The molecule has 2 saturated heterocycles. The molecule has 0 N–H and O–H groups in total. The summed E-state index contributed by atoms with van der Waals surface area (Å²) in [4.78, 5) is 20.3. The van der Waals surface area contributed by atoms with Crippen molar-refractivity contribution in [2.24, 2.45) is 0 Å². The molecule has 21 heavy (non-hydrogen) atoms. The van der Waals surface area contributed by atoms with Gasteiger partial charge in [-0.1, -0.05) is 6.92 Å². The molecule has 2 aliphatic rings. The predicted molar refractivity (Wildman–Crippen MR) is 83.4 cm³/mol. The number of rotatable bonds is 3. The van der Waals surface area contributed by atoms with Gasteiger partial charge in [0.1, 0.15) is 0 Å². The largest absolute Gasteiger partial charge is 0.375 e. The lowest BCUT2D eigenvalue weighted by Crippen LogP contribution is -2.32. The van der Waals surface area contributed by atoms with Gasteiger partial charge in [-0.15, -0.1) is 11.3 Å². The molecule has 3 rings (SSSR count). The number of aryl methyl sites for hydroxylation is 2. The van der Waals surface area contributed by atoms with Crippen molar-refractivity contribution in [2.45, 2.75) is 64.5 Å². The van der Waals surface area contributed by atoms with Crippen LogP contribution in [-0.2, 0) is 22.5 Å². The first-order valence-corrected chi connectivity index (χ1v) is 8.80. The Labute approximate surface area is 130 Å². The highest BCUT2D eigenvalue weighted by Crippen LogP contribution is 2.36. The first kappa shape index (κ1) is 15.0. The normalized spacial score (nSPS) is 26.6. The van der Waals surface area contributed by atoms with Gasteiger partial charge >= 0.3 is 0 Å². The van der Waals surface area contributed by atoms with Crippen molar-refractivity contribution in [3.05, 3.63) is 15.6 Å². The third kappa shape index (κ3) is 3.14. The molecule has 2 aliphatic heterocycles. The molecule has 116 valence electrons. The predicted octanol–water partition coefficient (Wildman–Crippen LogP) is 3.08. The van der Waals surface area contributed by atoms with E-state index >= 15 is 0 Å². The summed E-state index contributed by atoms with van der Waals surface area (Å²) < 4.78 is 5.97. The number of carbonyl (C=O) groups is 1. The molecule has 0 radical (unpaired) electrons. The maximum Gasteiger partial charge on any atom is 0.223 e. The molecule has 1 atom stereocenters. The van der Waals surface area contributed by atoms with Crippen molar-refractivity contribution in [1.82, 2.24) is 9.88 Å². The second-order valence-corrected chi connectivity index (χ2v) is 7.44. The van der Waals surface area contributed by atoms with Crippen molar-refractivity contribution < 1.29 is 9.53 Å². The van der Waals surface area contributed by atoms with Crippen molar-refractivity contribution in [3.8, 4) is 0 Å². The molecule has 1 aromatic heterocycles. The van der Waals surface area contributed by atoms with Crippen LogP contribution >= 0.6 is 11.3 Å². The summed E-state index contributed by atoms with van der Waals surface area (Å²) in [5.74, 6) is 0.274. The van der Waals surface area contributed by atoms with E-state index < -0.39 is 0 Å². The maximum atomic E-state index is 12.4. The molecule has 0 aliphatic carbocycles. The molecular weight excluding hydrogens is 284 g/mol. The Kier molecular flexibility index (Phi) is 4.31. The number of likely N-dealkylation sites (tertiary alicyclic amines) is 1. The van der Waals surface area contributed by atoms with E-state index in [-0.39, 0.29) is 11.5 Å². The average molecular weight is 308 g/mol. The lowest BCUT2D eigenvalue weighted by molar-refractivity contribution is -0.131. The van der Waals surface area contributed by atoms with E-state index in [9.17, 15) is 4.79 Å². The highest BCUT2D eigenvalue weighted by Gasteiger charge is 2.38. The van der Waals surface area contributed by atoms with Crippen LogP contribution in [0.4, 0.5) is 0 Å². The monoisotopic (exact) mass is 308 g/mol. The third-order valence-electron chi connectivity index (χ3n) is 4.72. The summed E-state index contributed by atoms with van der Waals surface area (Å²) in [5.41, 5.74) is 1.14. The van der Waals surface area contributed by atoms with Gasteiger partial charge in [0.2, 0.25) is 5.91 Å². The average Bonchev–Trinajstić information content (AvgIpc) is 3.04. The van der Waals surface area contributed by atoms with Gasteiger partial charge in [-0.3, -0.25) is 4.79 Å². The van der Waals surface area contributed by atoms with Crippen LogP contribution in [0.3, 0.4) is 0 Å². The number of nitrogens with zero attached hydrogens (tertiary/aromatic N) is 2. The standard InChI is InChI=1S/C16H24N2O2S/c1-3-13-14(21-12(2)17-13)11-18-9-8-16(6-4-10-20-16)7-5-15(18)19/h3-11H2,1-2H3. The number of hydrogen-bond acceptors (Lipinski definition) is 4. The molecule has 3 heterocycles. The van der Waals surface area contributed by atoms with Crippen LogP contribution in [0.1, 0.15) is 54.6 Å². The fourth-order valence-electron chi connectivity index (χ4n) is 3.48. The van der Waals surface area contributed by atoms with Crippen molar-refractivity contribution in [3.63, 3.8) is 0 Å². The number of amides is 1. The zero-order valence-electron chi connectivity index (χ0n) is 13.0. The maximum absolute atomic E-state index is 12.4.